The Balaban J connectivity index is 2.30. The molecule has 6 nitrogen and oxygen atoms in total. The first-order valence-corrected chi connectivity index (χ1v) is 6.00. The number of nitrogens with one attached hydrogen (secondary N) is 1. The number of pyridine rings is 1. The molecule has 0 aliphatic carbocycles. The van der Waals surface area contributed by atoms with E-state index in [1.165, 1.54) is 0 Å². The van der Waals surface area contributed by atoms with Crippen molar-refractivity contribution in [2.75, 3.05) is 30.0 Å². The number of rotatable bonds is 2. The molecule has 1 saturated heterocycles. The van der Waals surface area contributed by atoms with E-state index in [0.717, 1.165) is 0 Å². The van der Waals surface area contributed by atoms with Crippen LogP contribution in [0.5, 0.6) is 0 Å². The monoisotopic (exact) mass is 287 g/mol. The highest BCUT2D eigenvalue weighted by molar-refractivity contribution is 6.37. The summed E-state index contributed by atoms with van der Waals surface area (Å²) < 4.78 is 5.26. The molecule has 18 heavy (non-hydrogen) atoms. The average molecular weight is 288 g/mol. The molecule has 0 bridgehead atoms. The van der Waals surface area contributed by atoms with Crippen LogP contribution >= 0.6 is 23.2 Å². The molecule has 1 aromatic heterocycles. The van der Waals surface area contributed by atoms with Crippen LogP contribution in [0.1, 0.15) is 0 Å². The number of nitrogens with two attached hydrogens (primary N) is 1. The highest BCUT2D eigenvalue weighted by atomic mass is 35.5. The maximum absolute atomic E-state index is 8.86. The van der Waals surface area contributed by atoms with Crippen LogP contribution < -0.4 is 16.2 Å². The molecule has 2 rings (SSSR count). The number of morpholine rings is 1. The van der Waals surface area contributed by atoms with E-state index >= 15 is 0 Å². The number of ether oxygens (including phenoxy) is 1. The van der Waals surface area contributed by atoms with Crippen LogP contribution in [-0.4, -0.2) is 30.8 Å². The van der Waals surface area contributed by atoms with Gasteiger partial charge in [0.1, 0.15) is 5.82 Å². The molecule has 0 radical (unpaired) electrons. The molecule has 0 saturated carbocycles. The van der Waals surface area contributed by atoms with Gasteiger partial charge in [0.2, 0.25) is 0 Å². The Bertz CT molecular complexity index is 490. The molecule has 1 unspecified atom stereocenters. The molecule has 0 amide bonds. The largest absolute Gasteiger partial charge is 0.360 e. The third kappa shape index (κ3) is 2.60. The standard InChI is InChI=1S/C10H11Cl2N5O/c11-7-3-8(12)10(15-9(7)16-14)17-1-2-18-6(4-13)5-17/h3,6H,1-2,5,14H2,(H,15,16). The zero-order valence-corrected chi connectivity index (χ0v) is 10.9. The molecule has 1 aliphatic rings. The summed E-state index contributed by atoms with van der Waals surface area (Å²) in [5.74, 6) is 6.20. The second-order valence-corrected chi connectivity index (χ2v) is 4.52. The van der Waals surface area contributed by atoms with Gasteiger partial charge in [-0.25, -0.2) is 10.8 Å². The molecule has 96 valence electrons. The van der Waals surface area contributed by atoms with Crippen molar-refractivity contribution in [3.05, 3.63) is 16.1 Å². The first kappa shape index (κ1) is 13.2. The van der Waals surface area contributed by atoms with Gasteiger partial charge < -0.3 is 15.1 Å². The minimum atomic E-state index is -0.485. The average Bonchev–Trinajstić information content (AvgIpc) is 2.39. The summed E-state index contributed by atoms with van der Waals surface area (Å²) in [6.07, 6.45) is -0.485. The van der Waals surface area contributed by atoms with Gasteiger partial charge in [0.15, 0.2) is 11.9 Å². The van der Waals surface area contributed by atoms with Crippen LogP contribution in [0.15, 0.2) is 6.07 Å². The number of hydrogen-bond donors (Lipinski definition) is 2. The van der Waals surface area contributed by atoms with Gasteiger partial charge in [-0.15, -0.1) is 0 Å². The number of nitrogen functional groups attached to an aromatic ring is 1. The lowest BCUT2D eigenvalue weighted by Crippen LogP contribution is -2.42. The van der Waals surface area contributed by atoms with Crippen LogP contribution in [0.2, 0.25) is 10.0 Å². The minimum absolute atomic E-state index is 0.344. The van der Waals surface area contributed by atoms with Crippen molar-refractivity contribution in [3.63, 3.8) is 0 Å². The van der Waals surface area contributed by atoms with Crippen molar-refractivity contribution >= 4 is 34.8 Å². The third-order valence-corrected chi connectivity index (χ3v) is 3.12. The van der Waals surface area contributed by atoms with E-state index in [1.807, 2.05) is 4.90 Å². The molecule has 2 heterocycles. The van der Waals surface area contributed by atoms with E-state index in [-0.39, 0.29) is 0 Å². The lowest BCUT2D eigenvalue weighted by Gasteiger charge is -2.31. The van der Waals surface area contributed by atoms with Gasteiger partial charge in [0.05, 0.1) is 29.3 Å². The predicted octanol–water partition coefficient (Wildman–Crippen LogP) is 1.40. The summed E-state index contributed by atoms with van der Waals surface area (Å²) in [5, 5.41) is 9.62. The Morgan fingerprint density at radius 3 is 3.00 bits per heavy atom. The van der Waals surface area contributed by atoms with Crippen LogP contribution in [-0.2, 0) is 4.74 Å². The Hall–Kier alpha value is -1.26. The smallest absolute Gasteiger partial charge is 0.161 e. The van der Waals surface area contributed by atoms with Gasteiger partial charge in [0, 0.05) is 6.54 Å². The fourth-order valence-corrected chi connectivity index (χ4v) is 2.23. The normalized spacial score (nSPS) is 19.4. The minimum Gasteiger partial charge on any atom is -0.360 e. The number of anilines is 2. The highest BCUT2D eigenvalue weighted by Gasteiger charge is 2.23. The number of hydrogen-bond acceptors (Lipinski definition) is 6. The molecule has 1 aromatic rings. The third-order valence-electron chi connectivity index (χ3n) is 2.56. The van der Waals surface area contributed by atoms with Crippen molar-refractivity contribution in [1.29, 1.82) is 5.26 Å². The molecule has 0 aromatic carbocycles. The van der Waals surface area contributed by atoms with Crippen molar-refractivity contribution in [1.82, 2.24) is 4.98 Å². The van der Waals surface area contributed by atoms with Gasteiger partial charge in [-0.3, -0.25) is 0 Å². The van der Waals surface area contributed by atoms with E-state index in [9.17, 15) is 0 Å². The Kier molecular flexibility index (Phi) is 4.09. The van der Waals surface area contributed by atoms with Crippen LogP contribution in [0, 0.1) is 11.3 Å². The van der Waals surface area contributed by atoms with E-state index < -0.39 is 6.10 Å². The summed E-state index contributed by atoms with van der Waals surface area (Å²) in [6, 6.07) is 3.63. The van der Waals surface area contributed by atoms with Crippen LogP contribution in [0.25, 0.3) is 0 Å². The zero-order chi connectivity index (χ0) is 13.1. The Morgan fingerprint density at radius 2 is 2.33 bits per heavy atom. The maximum atomic E-state index is 8.86. The quantitative estimate of drug-likeness (QED) is 0.632. The first-order chi connectivity index (χ1) is 8.65. The number of hydrazine groups is 1. The fourth-order valence-electron chi connectivity index (χ4n) is 1.70. The van der Waals surface area contributed by atoms with Gasteiger partial charge in [-0.05, 0) is 6.07 Å². The summed E-state index contributed by atoms with van der Waals surface area (Å²) >= 11 is 12.0. The lowest BCUT2D eigenvalue weighted by molar-refractivity contribution is 0.0762. The molecular weight excluding hydrogens is 277 g/mol. The lowest BCUT2D eigenvalue weighted by atomic mass is 10.3. The van der Waals surface area contributed by atoms with E-state index in [0.29, 0.717) is 41.4 Å². The number of aromatic nitrogens is 1. The second-order valence-electron chi connectivity index (χ2n) is 3.70. The zero-order valence-electron chi connectivity index (χ0n) is 9.36. The van der Waals surface area contributed by atoms with E-state index in [2.05, 4.69) is 16.5 Å². The summed E-state index contributed by atoms with van der Waals surface area (Å²) in [6.45, 7) is 1.47. The molecule has 3 N–H and O–H groups in total. The SMILES string of the molecule is N#CC1CN(c2nc(NN)c(Cl)cc2Cl)CCO1. The van der Waals surface area contributed by atoms with E-state index in [4.69, 9.17) is 39.0 Å². The summed E-state index contributed by atoms with van der Waals surface area (Å²) in [4.78, 5) is 6.12. The molecule has 1 fully saturated rings. The van der Waals surface area contributed by atoms with Gasteiger partial charge in [-0.1, -0.05) is 23.2 Å². The Labute approximate surface area is 114 Å². The molecule has 1 aliphatic heterocycles. The number of nitrogens with zero attached hydrogens (tertiary/aromatic N) is 3. The highest BCUT2D eigenvalue weighted by Crippen LogP contribution is 2.31. The topological polar surface area (TPSA) is 87.2 Å². The van der Waals surface area contributed by atoms with Crippen molar-refractivity contribution in [2.45, 2.75) is 6.10 Å². The molecule has 0 spiro atoms. The number of halogens is 2. The Morgan fingerprint density at radius 1 is 1.56 bits per heavy atom. The molecule has 8 heteroatoms. The van der Waals surface area contributed by atoms with Crippen LogP contribution in [0.4, 0.5) is 11.6 Å². The predicted molar refractivity (Wildman–Crippen MR) is 69.6 cm³/mol. The van der Waals surface area contributed by atoms with Crippen molar-refractivity contribution < 1.29 is 4.74 Å². The summed E-state index contributed by atoms with van der Waals surface area (Å²) in [7, 11) is 0. The fraction of sp³-hybridized carbons (Fsp3) is 0.400. The second kappa shape index (κ2) is 5.59. The van der Waals surface area contributed by atoms with Crippen molar-refractivity contribution in [2.24, 2.45) is 5.84 Å². The first-order valence-electron chi connectivity index (χ1n) is 5.24. The van der Waals surface area contributed by atoms with Crippen LogP contribution in [0.3, 0.4) is 0 Å². The van der Waals surface area contributed by atoms with Gasteiger partial charge in [-0.2, -0.15) is 5.26 Å². The maximum Gasteiger partial charge on any atom is 0.161 e. The number of nitriles is 1. The molecule has 1 atom stereocenters. The van der Waals surface area contributed by atoms with E-state index in [1.54, 1.807) is 6.07 Å². The summed E-state index contributed by atoms with van der Waals surface area (Å²) in [5.41, 5.74) is 2.40. The van der Waals surface area contributed by atoms with Crippen molar-refractivity contribution in [3.8, 4) is 6.07 Å². The van der Waals surface area contributed by atoms with Gasteiger partial charge >= 0.3 is 0 Å². The molecular formula is C10H11Cl2N5O. The van der Waals surface area contributed by atoms with Gasteiger partial charge in [0.25, 0.3) is 0 Å².